The summed E-state index contributed by atoms with van der Waals surface area (Å²) in [6, 6.07) is -0.856. The maximum absolute atomic E-state index is 12.0. The van der Waals surface area contributed by atoms with Gasteiger partial charge in [-0.05, 0) is 0 Å². The molecule has 218 valence electrons. The molecule has 0 spiro atoms. The number of hydrogen-bond acceptors (Lipinski definition) is 15. The number of hydrogen-bond donors (Lipinski definition) is 12. The molecule has 2 fully saturated rings. The third kappa shape index (κ3) is 7.19. The van der Waals surface area contributed by atoms with E-state index in [-0.39, 0.29) is 24.6 Å². The molecule has 12 N–H and O–H groups in total. The van der Waals surface area contributed by atoms with Gasteiger partial charge >= 0.3 is 5.69 Å². The smallest absolute Gasteiger partial charge is 0.330 e. The van der Waals surface area contributed by atoms with E-state index in [4.69, 9.17) is 9.84 Å². The van der Waals surface area contributed by atoms with Gasteiger partial charge in [-0.15, -0.1) is 0 Å². The molecule has 16 nitrogen and oxygen atoms in total. The van der Waals surface area contributed by atoms with E-state index in [2.05, 4.69) is 10.6 Å². The molecule has 17 heteroatoms. The van der Waals surface area contributed by atoms with E-state index < -0.39 is 91.1 Å². The minimum absolute atomic E-state index is 0.0119. The van der Waals surface area contributed by atoms with Crippen LogP contribution in [-0.2, 0) is 4.74 Å². The molecule has 38 heavy (non-hydrogen) atoms. The van der Waals surface area contributed by atoms with Crippen molar-refractivity contribution in [2.75, 3.05) is 31.2 Å². The van der Waals surface area contributed by atoms with Crippen molar-refractivity contribution < 1.29 is 50.7 Å². The van der Waals surface area contributed by atoms with Crippen molar-refractivity contribution in [1.29, 1.82) is 0 Å². The van der Waals surface area contributed by atoms with E-state index in [1.54, 1.807) is 0 Å². The lowest BCUT2D eigenvalue weighted by Gasteiger charge is -2.43. The first-order chi connectivity index (χ1) is 18.0. The second-order valence-electron chi connectivity index (χ2n) is 9.41. The Bertz CT molecular complexity index is 999. The SMILES string of the molecule is O=c1ccn([C@@H]2O[C@H](CSC[C@@H](O)[C@@H](O)CNCC3N[C@H]([C@H](O)CO)[C@H](O)[C@H](O)[C@H]3O)[C@@H](O)[C@H]2O)c(=O)[nH]1. The van der Waals surface area contributed by atoms with E-state index in [1.807, 2.05) is 4.98 Å². The van der Waals surface area contributed by atoms with Gasteiger partial charge in [0.1, 0.15) is 24.4 Å². The van der Waals surface area contributed by atoms with E-state index in [0.717, 1.165) is 28.6 Å². The van der Waals surface area contributed by atoms with Gasteiger partial charge in [0.25, 0.3) is 5.56 Å². The summed E-state index contributed by atoms with van der Waals surface area (Å²) < 4.78 is 6.54. The lowest BCUT2D eigenvalue weighted by Crippen LogP contribution is -2.70. The Morgan fingerprint density at radius 2 is 1.71 bits per heavy atom. The van der Waals surface area contributed by atoms with E-state index in [9.17, 15) is 50.4 Å². The lowest BCUT2D eigenvalue weighted by atomic mass is 9.87. The van der Waals surface area contributed by atoms with Crippen LogP contribution in [0.2, 0.25) is 0 Å². The fourth-order valence-electron chi connectivity index (χ4n) is 4.39. The molecule has 0 radical (unpaired) electrons. The van der Waals surface area contributed by atoms with Crippen molar-refractivity contribution in [2.24, 2.45) is 0 Å². The minimum Gasteiger partial charge on any atom is -0.394 e. The average molecular weight is 569 g/mol. The largest absolute Gasteiger partial charge is 0.394 e. The van der Waals surface area contributed by atoms with E-state index in [1.165, 1.54) is 0 Å². The third-order valence-corrected chi connectivity index (χ3v) is 7.82. The topological polar surface area (TPSA) is 270 Å². The average Bonchev–Trinajstić information content (AvgIpc) is 3.16. The van der Waals surface area contributed by atoms with Crippen LogP contribution < -0.4 is 21.9 Å². The number of nitrogens with one attached hydrogen (secondary N) is 3. The zero-order valence-corrected chi connectivity index (χ0v) is 21.0. The normalized spacial score (nSPS) is 36.2. The summed E-state index contributed by atoms with van der Waals surface area (Å²) in [4.78, 5) is 25.2. The molecule has 2 aliphatic heterocycles. The predicted octanol–water partition coefficient (Wildman–Crippen LogP) is -7.02. The highest BCUT2D eigenvalue weighted by Crippen LogP contribution is 2.30. The lowest BCUT2D eigenvalue weighted by molar-refractivity contribution is -0.134. The fourth-order valence-corrected chi connectivity index (χ4v) is 5.50. The number of aromatic amines is 1. The summed E-state index contributed by atoms with van der Waals surface area (Å²) in [5, 5.41) is 95.8. The van der Waals surface area contributed by atoms with Crippen LogP contribution in [-0.4, -0.2) is 154 Å². The van der Waals surface area contributed by atoms with Crippen LogP contribution in [0.1, 0.15) is 6.23 Å². The van der Waals surface area contributed by atoms with Crippen molar-refractivity contribution in [3.05, 3.63) is 33.1 Å². The summed E-state index contributed by atoms with van der Waals surface area (Å²) in [5.41, 5.74) is -1.43. The maximum Gasteiger partial charge on any atom is 0.330 e. The number of aliphatic hydroxyl groups is 9. The fraction of sp³-hybridized carbons (Fsp3) is 0.810. The van der Waals surface area contributed by atoms with Crippen LogP contribution in [0, 0.1) is 0 Å². The number of ether oxygens (including phenoxy) is 1. The van der Waals surface area contributed by atoms with Gasteiger partial charge in [0.15, 0.2) is 6.23 Å². The zero-order valence-electron chi connectivity index (χ0n) is 20.2. The van der Waals surface area contributed by atoms with Crippen molar-refractivity contribution in [2.45, 2.75) is 73.2 Å². The Morgan fingerprint density at radius 1 is 1.00 bits per heavy atom. The molecule has 1 aromatic heterocycles. The predicted molar refractivity (Wildman–Crippen MR) is 131 cm³/mol. The van der Waals surface area contributed by atoms with Crippen molar-refractivity contribution in [3.8, 4) is 0 Å². The van der Waals surface area contributed by atoms with Crippen LogP contribution in [0.4, 0.5) is 0 Å². The van der Waals surface area contributed by atoms with E-state index >= 15 is 0 Å². The number of piperidine rings is 1. The second-order valence-corrected chi connectivity index (χ2v) is 10.5. The molecule has 0 saturated carbocycles. The highest BCUT2D eigenvalue weighted by Gasteiger charge is 2.45. The molecule has 2 aliphatic rings. The first kappa shape index (κ1) is 31.1. The molecule has 3 heterocycles. The van der Waals surface area contributed by atoms with Gasteiger partial charge in [-0.25, -0.2) is 4.79 Å². The number of aliphatic hydroxyl groups excluding tert-OH is 9. The molecule has 0 amide bonds. The number of thioether (sulfide) groups is 1. The van der Waals surface area contributed by atoms with E-state index in [0.29, 0.717) is 0 Å². The first-order valence-electron chi connectivity index (χ1n) is 12.0. The van der Waals surface area contributed by atoms with Crippen molar-refractivity contribution in [1.82, 2.24) is 20.2 Å². The third-order valence-electron chi connectivity index (χ3n) is 6.68. The number of nitrogens with zero attached hydrogens (tertiary/aromatic N) is 1. The molecular weight excluding hydrogens is 532 g/mol. The standard InChI is InChI=1S/C21H36N4O12S/c26-5-10(28)14-17(33)18(34)15(31)8(23-14)3-22-4-9(27)11(29)6-38-7-12-16(32)19(35)20(37-12)25-2-1-13(30)24-21(25)36/h1-2,8-12,14-20,22-23,26-29,31-35H,3-7H2,(H,24,30,36)/t8?,9-,10+,11+,12+,14+,15-,16+,17-,18+,19+,20+/m0/s1. The van der Waals surface area contributed by atoms with Gasteiger partial charge in [-0.3, -0.25) is 14.3 Å². The Labute approximate surface area is 220 Å². The zero-order chi connectivity index (χ0) is 28.1. The van der Waals surface area contributed by atoms with Crippen LogP contribution in [0.5, 0.6) is 0 Å². The molecule has 2 saturated heterocycles. The Morgan fingerprint density at radius 3 is 2.37 bits per heavy atom. The van der Waals surface area contributed by atoms with Crippen LogP contribution in [0.25, 0.3) is 0 Å². The molecule has 3 rings (SSSR count). The number of H-pyrrole nitrogens is 1. The summed E-state index contributed by atoms with van der Waals surface area (Å²) in [5.74, 6) is 0.131. The van der Waals surface area contributed by atoms with Gasteiger partial charge in [0.2, 0.25) is 0 Å². The minimum atomic E-state index is -1.57. The Balaban J connectivity index is 1.42. The van der Waals surface area contributed by atoms with Gasteiger partial charge < -0.3 is 61.3 Å². The summed E-state index contributed by atoms with van der Waals surface area (Å²) >= 11 is 1.12. The van der Waals surface area contributed by atoms with Gasteiger partial charge in [0, 0.05) is 42.9 Å². The van der Waals surface area contributed by atoms with Crippen molar-refractivity contribution in [3.63, 3.8) is 0 Å². The van der Waals surface area contributed by atoms with Crippen LogP contribution >= 0.6 is 11.8 Å². The first-order valence-corrected chi connectivity index (χ1v) is 13.2. The Kier molecular flexibility index (Phi) is 11.2. The summed E-state index contributed by atoms with van der Waals surface area (Å²) in [7, 11) is 0. The molecule has 0 bridgehead atoms. The van der Waals surface area contributed by atoms with Gasteiger partial charge in [-0.2, -0.15) is 11.8 Å². The van der Waals surface area contributed by atoms with Crippen LogP contribution in [0.15, 0.2) is 21.9 Å². The summed E-state index contributed by atoms with van der Waals surface area (Å²) in [6.07, 6.45) is -12.1. The van der Waals surface area contributed by atoms with Gasteiger partial charge in [0.05, 0.1) is 43.2 Å². The Hall–Kier alpha value is -1.45. The molecule has 0 aromatic carbocycles. The molecule has 12 atom stereocenters. The summed E-state index contributed by atoms with van der Waals surface area (Å²) in [6.45, 7) is -0.798. The van der Waals surface area contributed by atoms with Crippen molar-refractivity contribution >= 4 is 11.8 Å². The van der Waals surface area contributed by atoms with Gasteiger partial charge in [-0.1, -0.05) is 0 Å². The quantitative estimate of drug-likeness (QED) is 0.112. The number of aromatic nitrogens is 2. The molecule has 0 aliphatic carbocycles. The maximum atomic E-state index is 12.0. The monoisotopic (exact) mass is 568 g/mol. The molecule has 1 unspecified atom stereocenters. The number of rotatable bonds is 12. The highest BCUT2D eigenvalue weighted by atomic mass is 32.2. The molecular formula is C21H36N4O12S. The van der Waals surface area contributed by atoms with Crippen LogP contribution in [0.3, 0.4) is 0 Å². The highest BCUT2D eigenvalue weighted by molar-refractivity contribution is 7.99. The second kappa shape index (κ2) is 13.8. The molecule has 1 aromatic rings.